The van der Waals surface area contributed by atoms with Gasteiger partial charge in [0.25, 0.3) is 0 Å². The lowest BCUT2D eigenvalue weighted by Crippen LogP contribution is -2.27. The molecule has 0 saturated heterocycles. The van der Waals surface area contributed by atoms with Crippen LogP contribution in [0.25, 0.3) is 0 Å². The minimum Gasteiger partial charge on any atom is -0.550 e. The molecule has 0 rings (SSSR count). The van der Waals surface area contributed by atoms with Gasteiger partial charge in [-0.15, -0.1) is 0 Å². The number of carboxylic acids is 1. The maximum atomic E-state index is 8.89. The molecule has 0 aromatic rings. The molecule has 5 heteroatoms. The summed E-state index contributed by atoms with van der Waals surface area (Å²) in [6, 6.07) is 0. The van der Waals surface area contributed by atoms with Crippen LogP contribution in [0.15, 0.2) is 0 Å². The van der Waals surface area contributed by atoms with Crippen molar-refractivity contribution in [1.29, 1.82) is 0 Å². The highest BCUT2D eigenvalue weighted by Crippen LogP contribution is 1.83. The quantitative estimate of drug-likeness (QED) is 0.324. The van der Waals surface area contributed by atoms with Crippen LogP contribution < -0.4 is 5.11 Å². The molecule has 0 radical (unpaired) electrons. The van der Waals surface area contributed by atoms with Crippen LogP contribution in [0.2, 0.25) is 0 Å². The highest BCUT2D eigenvalue weighted by molar-refractivity contribution is 5.60. The molecule has 0 aromatic carbocycles. The molecule has 94 valence electrons. The summed E-state index contributed by atoms with van der Waals surface area (Å²) in [7, 11) is 8.50. The van der Waals surface area contributed by atoms with Gasteiger partial charge in [0, 0.05) is 5.97 Å². The Morgan fingerprint density at radius 3 is 1.67 bits per heavy atom. The standard InChI is InChI=1S/C4H12N.C4H10O2.C2H4O2/c1-5(2,3)4;1-2-3-4-6-5;1-2(3)4/h1-4H3;5H,2-4H2,1H3;1H3,(H,3,4)/q+1;;/p-1. The van der Waals surface area contributed by atoms with E-state index in [1.807, 2.05) is 6.92 Å². The molecule has 0 aliphatic heterocycles. The van der Waals surface area contributed by atoms with Crippen LogP contribution in [-0.2, 0) is 9.68 Å². The van der Waals surface area contributed by atoms with E-state index < -0.39 is 5.97 Å². The van der Waals surface area contributed by atoms with E-state index in [1.165, 1.54) is 0 Å². The highest BCUT2D eigenvalue weighted by atomic mass is 17.1. The Kier molecular flexibility index (Phi) is 17.7. The number of carbonyl (C=O) groups is 1. The number of nitrogens with zero attached hydrogens (tertiary/aromatic N) is 1. The fraction of sp³-hybridized carbons (Fsp3) is 0.900. The molecule has 0 heterocycles. The Morgan fingerprint density at radius 1 is 1.33 bits per heavy atom. The van der Waals surface area contributed by atoms with Gasteiger partial charge in [-0.3, -0.25) is 5.26 Å². The number of rotatable bonds is 3. The molecule has 0 aliphatic rings. The lowest BCUT2D eigenvalue weighted by atomic mass is 10.4. The number of hydrogen-bond donors (Lipinski definition) is 1. The Balaban J connectivity index is -0.000000147. The summed E-state index contributed by atoms with van der Waals surface area (Å²) in [5, 5.41) is 16.6. The fourth-order valence-electron chi connectivity index (χ4n) is 0.209. The van der Waals surface area contributed by atoms with E-state index in [1.54, 1.807) is 0 Å². The van der Waals surface area contributed by atoms with Gasteiger partial charge in [0.05, 0.1) is 34.8 Å². The van der Waals surface area contributed by atoms with Gasteiger partial charge < -0.3 is 14.4 Å². The van der Waals surface area contributed by atoms with Crippen molar-refractivity contribution >= 4 is 5.97 Å². The van der Waals surface area contributed by atoms with Gasteiger partial charge >= 0.3 is 0 Å². The Labute approximate surface area is 92.8 Å². The molecule has 5 nitrogen and oxygen atoms in total. The number of quaternary nitrogens is 1. The maximum Gasteiger partial charge on any atom is 0.0819 e. The summed E-state index contributed by atoms with van der Waals surface area (Å²) in [5.74, 6) is -1.08. The number of carboxylic acid groups (broad SMARTS) is 1. The number of carbonyl (C=O) groups excluding carboxylic acids is 1. The van der Waals surface area contributed by atoms with Crippen LogP contribution in [0.1, 0.15) is 26.7 Å². The van der Waals surface area contributed by atoms with Crippen LogP contribution in [0.5, 0.6) is 0 Å². The third kappa shape index (κ3) is 311. The molecule has 1 N–H and O–H groups in total. The maximum absolute atomic E-state index is 8.89. The SMILES string of the molecule is CC(=O)[O-].CCCCOO.C[N+](C)(C)C. The summed E-state index contributed by atoms with van der Waals surface area (Å²) in [5.41, 5.74) is 0. The minimum absolute atomic E-state index is 0.469. The molecule has 15 heavy (non-hydrogen) atoms. The molecule has 0 atom stereocenters. The highest BCUT2D eigenvalue weighted by Gasteiger charge is 1.88. The van der Waals surface area contributed by atoms with Crippen molar-refractivity contribution in [3.8, 4) is 0 Å². The van der Waals surface area contributed by atoms with E-state index in [0.29, 0.717) is 6.61 Å². The normalized spacial score (nSPS) is 9.27. The van der Waals surface area contributed by atoms with E-state index in [4.69, 9.17) is 15.2 Å². The number of aliphatic carboxylic acids is 1. The largest absolute Gasteiger partial charge is 0.550 e. The monoisotopic (exact) mass is 223 g/mol. The molecule has 0 aliphatic carbocycles. The van der Waals surface area contributed by atoms with Gasteiger partial charge in [0.2, 0.25) is 0 Å². The first-order valence-corrected chi connectivity index (χ1v) is 4.88. The van der Waals surface area contributed by atoms with Gasteiger partial charge in [-0.05, 0) is 13.3 Å². The van der Waals surface area contributed by atoms with Crippen LogP contribution >= 0.6 is 0 Å². The summed E-state index contributed by atoms with van der Waals surface area (Å²) in [6.45, 7) is 3.48. The van der Waals surface area contributed by atoms with Gasteiger partial charge in [-0.2, -0.15) is 0 Å². The van der Waals surface area contributed by atoms with Crippen LogP contribution in [-0.4, -0.2) is 50.5 Å². The lowest BCUT2D eigenvalue weighted by molar-refractivity contribution is -0.849. The number of hydrogen-bond acceptors (Lipinski definition) is 4. The molecule has 0 aromatic heterocycles. The predicted octanol–water partition coefficient (Wildman–Crippen LogP) is 0.355. The molecular weight excluding hydrogens is 198 g/mol. The molecule has 0 saturated carbocycles. The molecule has 0 fully saturated rings. The van der Waals surface area contributed by atoms with Crippen LogP contribution in [0, 0.1) is 0 Å². The van der Waals surface area contributed by atoms with E-state index in [0.717, 1.165) is 24.2 Å². The van der Waals surface area contributed by atoms with Gasteiger partial charge in [-0.25, -0.2) is 4.89 Å². The summed E-state index contributed by atoms with van der Waals surface area (Å²) in [4.78, 5) is 12.7. The van der Waals surface area contributed by atoms with Gasteiger partial charge in [0.15, 0.2) is 0 Å². The second kappa shape index (κ2) is 13.4. The smallest absolute Gasteiger partial charge is 0.0819 e. The van der Waals surface area contributed by atoms with Gasteiger partial charge in [0.1, 0.15) is 0 Å². The van der Waals surface area contributed by atoms with Crippen molar-refractivity contribution in [2.75, 3.05) is 34.8 Å². The zero-order valence-electron chi connectivity index (χ0n) is 10.7. The molecule has 0 amide bonds. The molecule has 0 unspecified atom stereocenters. The zero-order valence-corrected chi connectivity index (χ0v) is 10.7. The number of unbranched alkanes of at least 4 members (excludes halogenated alkanes) is 1. The van der Waals surface area contributed by atoms with Crippen molar-refractivity contribution in [1.82, 2.24) is 0 Å². The van der Waals surface area contributed by atoms with E-state index in [2.05, 4.69) is 33.1 Å². The van der Waals surface area contributed by atoms with Crippen molar-refractivity contribution in [2.24, 2.45) is 0 Å². The Morgan fingerprint density at radius 2 is 1.60 bits per heavy atom. The van der Waals surface area contributed by atoms with Crippen molar-refractivity contribution in [3.05, 3.63) is 0 Å². The third-order valence-electron chi connectivity index (χ3n) is 0.589. The minimum atomic E-state index is -1.08. The predicted molar refractivity (Wildman–Crippen MR) is 58.1 cm³/mol. The molecular formula is C10H25NO4. The van der Waals surface area contributed by atoms with Crippen LogP contribution in [0.3, 0.4) is 0 Å². The first kappa shape index (κ1) is 19.9. The third-order valence-corrected chi connectivity index (χ3v) is 0.589. The van der Waals surface area contributed by atoms with Gasteiger partial charge in [-0.1, -0.05) is 13.3 Å². The van der Waals surface area contributed by atoms with Crippen LogP contribution in [0.4, 0.5) is 0 Å². The lowest BCUT2D eigenvalue weighted by Gasteiger charge is -2.14. The Hall–Kier alpha value is -0.650. The topological polar surface area (TPSA) is 69.6 Å². The second-order valence-electron chi connectivity index (χ2n) is 4.36. The summed E-state index contributed by atoms with van der Waals surface area (Å²) in [6.07, 6.45) is 2.01. The Bertz CT molecular complexity index is 118. The fourth-order valence-corrected chi connectivity index (χ4v) is 0.209. The van der Waals surface area contributed by atoms with Crippen molar-refractivity contribution in [3.63, 3.8) is 0 Å². The molecule has 0 bridgehead atoms. The first-order valence-electron chi connectivity index (χ1n) is 4.88. The molecule has 0 spiro atoms. The summed E-state index contributed by atoms with van der Waals surface area (Å²) < 4.78 is 1.00. The summed E-state index contributed by atoms with van der Waals surface area (Å²) >= 11 is 0. The zero-order chi connectivity index (χ0) is 12.9. The van der Waals surface area contributed by atoms with Crippen molar-refractivity contribution in [2.45, 2.75) is 26.7 Å². The average molecular weight is 223 g/mol. The van der Waals surface area contributed by atoms with E-state index in [-0.39, 0.29) is 0 Å². The first-order chi connectivity index (χ1) is 6.65. The van der Waals surface area contributed by atoms with Crippen molar-refractivity contribution < 1.29 is 24.5 Å². The van der Waals surface area contributed by atoms with E-state index >= 15 is 0 Å². The second-order valence-corrected chi connectivity index (χ2v) is 4.36. The average Bonchev–Trinajstić information content (AvgIpc) is 1.96. The van der Waals surface area contributed by atoms with E-state index in [9.17, 15) is 0 Å².